The highest BCUT2D eigenvalue weighted by molar-refractivity contribution is 6.33. The van der Waals surface area contributed by atoms with Gasteiger partial charge in [-0.1, -0.05) is 25.4 Å². The van der Waals surface area contributed by atoms with E-state index in [1.54, 1.807) is 11.9 Å². The first-order valence-corrected chi connectivity index (χ1v) is 7.45. The van der Waals surface area contributed by atoms with Crippen molar-refractivity contribution in [2.45, 2.75) is 32.6 Å². The van der Waals surface area contributed by atoms with Gasteiger partial charge in [-0.25, -0.2) is 0 Å². The maximum Gasteiger partial charge on any atom is 0.308 e. The van der Waals surface area contributed by atoms with E-state index in [0.717, 1.165) is 0 Å². The number of carbonyl (C=O) groups excluding carboxylic acids is 1. The molecule has 0 spiro atoms. The van der Waals surface area contributed by atoms with Crippen molar-refractivity contribution in [3.8, 4) is 0 Å². The van der Waals surface area contributed by atoms with Crippen LogP contribution in [0.3, 0.4) is 0 Å². The predicted octanol–water partition coefficient (Wildman–Crippen LogP) is 2.13. The molecule has 1 aliphatic rings. The van der Waals surface area contributed by atoms with E-state index in [0.29, 0.717) is 35.8 Å². The fourth-order valence-corrected chi connectivity index (χ4v) is 2.86. The molecule has 1 saturated heterocycles. The molecule has 0 aromatic carbocycles. The quantitative estimate of drug-likeness (QED) is 0.927. The van der Waals surface area contributed by atoms with Crippen LogP contribution in [0.2, 0.25) is 5.15 Å². The van der Waals surface area contributed by atoms with Gasteiger partial charge < -0.3 is 10.0 Å². The summed E-state index contributed by atoms with van der Waals surface area (Å²) in [5, 5.41) is 13.7. The topological polar surface area (TPSA) is 75.4 Å². The minimum Gasteiger partial charge on any atom is -0.481 e. The minimum atomic E-state index is -0.853. The van der Waals surface area contributed by atoms with Gasteiger partial charge in [-0.15, -0.1) is 0 Å². The van der Waals surface area contributed by atoms with Gasteiger partial charge in [0.25, 0.3) is 5.91 Å². The summed E-state index contributed by atoms with van der Waals surface area (Å²) >= 11 is 6.21. The fraction of sp³-hybridized carbons (Fsp3) is 0.643. The molecule has 1 aromatic rings. The molecule has 1 atom stereocenters. The van der Waals surface area contributed by atoms with Crippen molar-refractivity contribution in [3.05, 3.63) is 16.4 Å². The number of aryl methyl sites for hydroxylation is 1. The summed E-state index contributed by atoms with van der Waals surface area (Å²) in [5.41, 5.74) is 1.06. The molecule has 1 fully saturated rings. The molecule has 1 aromatic heterocycles. The van der Waals surface area contributed by atoms with Crippen LogP contribution in [0.1, 0.15) is 48.7 Å². The number of aliphatic carboxylic acids is 1. The number of nitrogens with zero attached hydrogens (tertiary/aromatic N) is 3. The fourth-order valence-electron chi connectivity index (χ4n) is 2.65. The first kappa shape index (κ1) is 15.8. The van der Waals surface area contributed by atoms with E-state index in [1.807, 2.05) is 13.8 Å². The summed E-state index contributed by atoms with van der Waals surface area (Å²) in [6.07, 6.45) is 1.30. The van der Waals surface area contributed by atoms with Gasteiger partial charge in [0.2, 0.25) is 0 Å². The standard InChI is InChI=1S/C14H20ClN3O3/c1-8(2)11-10(12(15)17(3)16-11)13(19)18-6-4-5-9(7-18)14(20)21/h8-9H,4-7H2,1-3H3,(H,20,21)/t9-/m0/s1. The Balaban J connectivity index is 2.30. The summed E-state index contributed by atoms with van der Waals surface area (Å²) in [6, 6.07) is 0. The van der Waals surface area contributed by atoms with Crippen LogP contribution in [0.15, 0.2) is 0 Å². The van der Waals surface area contributed by atoms with Crippen molar-refractivity contribution in [2.75, 3.05) is 13.1 Å². The van der Waals surface area contributed by atoms with Crippen molar-refractivity contribution >= 4 is 23.5 Å². The van der Waals surface area contributed by atoms with Crippen LogP contribution in [0.25, 0.3) is 0 Å². The van der Waals surface area contributed by atoms with Crippen LogP contribution >= 0.6 is 11.6 Å². The van der Waals surface area contributed by atoms with E-state index in [4.69, 9.17) is 16.7 Å². The molecule has 2 rings (SSSR count). The Morgan fingerprint density at radius 1 is 1.43 bits per heavy atom. The first-order valence-electron chi connectivity index (χ1n) is 7.07. The summed E-state index contributed by atoms with van der Waals surface area (Å²) in [6.45, 7) is 4.69. The monoisotopic (exact) mass is 313 g/mol. The summed E-state index contributed by atoms with van der Waals surface area (Å²) < 4.78 is 1.49. The highest BCUT2D eigenvalue weighted by Gasteiger charge is 2.32. The molecule has 0 bridgehead atoms. The summed E-state index contributed by atoms with van der Waals surface area (Å²) in [4.78, 5) is 25.4. The normalized spacial score (nSPS) is 19.1. The van der Waals surface area contributed by atoms with Crippen LogP contribution in [0, 0.1) is 5.92 Å². The van der Waals surface area contributed by atoms with E-state index in [-0.39, 0.29) is 18.4 Å². The molecule has 1 aliphatic heterocycles. The molecule has 0 unspecified atom stereocenters. The molecule has 7 heteroatoms. The number of rotatable bonds is 3. The van der Waals surface area contributed by atoms with Crippen LogP contribution in [0.4, 0.5) is 0 Å². The van der Waals surface area contributed by atoms with Gasteiger partial charge in [0.15, 0.2) is 0 Å². The number of likely N-dealkylation sites (tertiary alicyclic amines) is 1. The number of hydrogen-bond donors (Lipinski definition) is 1. The average molecular weight is 314 g/mol. The summed E-state index contributed by atoms with van der Waals surface area (Å²) in [7, 11) is 1.70. The van der Waals surface area contributed by atoms with Gasteiger partial charge in [0, 0.05) is 20.1 Å². The molecule has 0 radical (unpaired) electrons. The summed E-state index contributed by atoms with van der Waals surface area (Å²) in [5.74, 6) is -1.50. The maximum absolute atomic E-state index is 12.7. The molecule has 0 saturated carbocycles. The van der Waals surface area contributed by atoms with Gasteiger partial charge in [0.05, 0.1) is 17.2 Å². The Morgan fingerprint density at radius 2 is 2.10 bits per heavy atom. The predicted molar refractivity (Wildman–Crippen MR) is 78.6 cm³/mol. The van der Waals surface area contributed by atoms with Gasteiger partial charge in [-0.05, 0) is 18.8 Å². The number of hydrogen-bond acceptors (Lipinski definition) is 3. The van der Waals surface area contributed by atoms with Crippen LogP contribution in [-0.4, -0.2) is 44.8 Å². The minimum absolute atomic E-state index is 0.0720. The Hall–Kier alpha value is -1.56. The third-order valence-electron chi connectivity index (χ3n) is 3.82. The third kappa shape index (κ3) is 3.05. The van der Waals surface area contributed by atoms with Crippen LogP contribution in [-0.2, 0) is 11.8 Å². The number of carbonyl (C=O) groups is 2. The Labute approximate surface area is 128 Å². The van der Waals surface area contributed by atoms with E-state index in [9.17, 15) is 9.59 Å². The lowest BCUT2D eigenvalue weighted by atomic mass is 9.97. The number of halogens is 1. The van der Waals surface area contributed by atoms with Gasteiger partial charge in [-0.2, -0.15) is 5.10 Å². The van der Waals surface area contributed by atoms with E-state index in [2.05, 4.69) is 5.10 Å². The lowest BCUT2D eigenvalue weighted by Gasteiger charge is -2.30. The number of piperidine rings is 1. The second-order valence-corrected chi connectivity index (χ2v) is 6.12. The third-order valence-corrected chi connectivity index (χ3v) is 4.26. The Kier molecular flexibility index (Phi) is 4.56. The van der Waals surface area contributed by atoms with E-state index < -0.39 is 11.9 Å². The second kappa shape index (κ2) is 6.05. The Morgan fingerprint density at radius 3 is 2.67 bits per heavy atom. The Bertz CT molecular complexity index is 568. The van der Waals surface area contributed by atoms with Gasteiger partial charge in [0.1, 0.15) is 5.15 Å². The zero-order valence-electron chi connectivity index (χ0n) is 12.5. The average Bonchev–Trinajstić information content (AvgIpc) is 2.74. The van der Waals surface area contributed by atoms with Crippen LogP contribution < -0.4 is 0 Å². The largest absolute Gasteiger partial charge is 0.481 e. The maximum atomic E-state index is 12.7. The second-order valence-electron chi connectivity index (χ2n) is 5.76. The molecule has 21 heavy (non-hydrogen) atoms. The van der Waals surface area contributed by atoms with Crippen molar-refractivity contribution < 1.29 is 14.7 Å². The van der Waals surface area contributed by atoms with Crippen molar-refractivity contribution in [1.82, 2.24) is 14.7 Å². The van der Waals surface area contributed by atoms with Crippen LogP contribution in [0.5, 0.6) is 0 Å². The molecule has 2 heterocycles. The molecular weight excluding hydrogens is 294 g/mol. The number of carboxylic acids is 1. The molecule has 0 aliphatic carbocycles. The van der Waals surface area contributed by atoms with Gasteiger partial charge >= 0.3 is 5.97 Å². The SMILES string of the molecule is CC(C)c1nn(C)c(Cl)c1C(=O)N1CCC[C@H](C(=O)O)C1. The number of carboxylic acid groups (broad SMARTS) is 1. The smallest absolute Gasteiger partial charge is 0.308 e. The molecule has 1 amide bonds. The highest BCUT2D eigenvalue weighted by Crippen LogP contribution is 2.28. The van der Waals surface area contributed by atoms with E-state index in [1.165, 1.54) is 4.68 Å². The van der Waals surface area contributed by atoms with Crippen molar-refractivity contribution in [3.63, 3.8) is 0 Å². The van der Waals surface area contributed by atoms with Crippen molar-refractivity contribution in [2.24, 2.45) is 13.0 Å². The van der Waals surface area contributed by atoms with E-state index >= 15 is 0 Å². The molecular formula is C14H20ClN3O3. The number of aromatic nitrogens is 2. The highest BCUT2D eigenvalue weighted by atomic mass is 35.5. The lowest BCUT2D eigenvalue weighted by Crippen LogP contribution is -2.42. The molecule has 1 N–H and O–H groups in total. The molecule has 116 valence electrons. The molecule has 6 nitrogen and oxygen atoms in total. The zero-order valence-corrected chi connectivity index (χ0v) is 13.2. The van der Waals surface area contributed by atoms with Gasteiger partial charge in [-0.3, -0.25) is 14.3 Å². The first-order chi connectivity index (χ1) is 9.82. The lowest BCUT2D eigenvalue weighted by molar-refractivity contribution is -0.143. The zero-order chi connectivity index (χ0) is 15.7. The van der Waals surface area contributed by atoms with Crippen molar-refractivity contribution in [1.29, 1.82) is 0 Å². The number of amides is 1.